The summed E-state index contributed by atoms with van der Waals surface area (Å²) < 4.78 is 26.3. The van der Waals surface area contributed by atoms with E-state index in [1.54, 1.807) is 6.08 Å². The lowest BCUT2D eigenvalue weighted by Crippen LogP contribution is -2.30. The molecule has 2 rings (SSSR count). The van der Waals surface area contributed by atoms with Gasteiger partial charge < -0.3 is 26.0 Å². The smallest absolute Gasteiger partial charge is 0.224 e. The Kier molecular flexibility index (Phi) is 11.1. The Bertz CT molecular complexity index is 1060. The van der Waals surface area contributed by atoms with Gasteiger partial charge in [-0.15, -0.1) is 0 Å². The van der Waals surface area contributed by atoms with Crippen molar-refractivity contribution in [2.24, 2.45) is 0 Å². The normalized spacial score (nSPS) is 13.9. The molecule has 0 bridgehead atoms. The Morgan fingerprint density at radius 2 is 1.80 bits per heavy atom. The number of amides is 1. The number of allylic oxidation sites excluding steroid dienone is 4. The maximum atomic E-state index is 13.3. The zero-order valence-electron chi connectivity index (χ0n) is 19.8. The molecule has 2 aromatic carbocycles. The molecule has 0 aliphatic heterocycles. The molecule has 1 amide bonds. The van der Waals surface area contributed by atoms with Crippen molar-refractivity contribution in [3.63, 3.8) is 0 Å². The Hall–Kier alpha value is -3.49. The molecule has 0 spiro atoms. The summed E-state index contributed by atoms with van der Waals surface area (Å²) in [5.74, 6) is -2.38. The summed E-state index contributed by atoms with van der Waals surface area (Å²) in [6.45, 7) is 4.17. The van der Waals surface area contributed by atoms with E-state index in [2.05, 4.69) is 10.6 Å². The van der Waals surface area contributed by atoms with E-state index in [4.69, 9.17) is 0 Å². The molecule has 2 atom stereocenters. The van der Waals surface area contributed by atoms with Crippen molar-refractivity contribution < 1.29 is 28.9 Å². The molecule has 188 valence electrons. The molecular weight excluding hydrogens is 454 g/mol. The molecule has 0 aromatic heterocycles. The number of nitrogens with one attached hydrogen (secondary N) is 2. The van der Waals surface area contributed by atoms with Crippen LogP contribution in [0.3, 0.4) is 0 Å². The molecule has 35 heavy (non-hydrogen) atoms. The highest BCUT2D eigenvalue weighted by Crippen LogP contribution is 2.24. The van der Waals surface area contributed by atoms with E-state index in [9.17, 15) is 28.9 Å². The predicted molar refractivity (Wildman–Crippen MR) is 132 cm³/mol. The van der Waals surface area contributed by atoms with E-state index in [1.807, 2.05) is 38.2 Å². The summed E-state index contributed by atoms with van der Waals surface area (Å²) in [4.78, 5) is 12.1. The lowest BCUT2D eigenvalue weighted by atomic mass is 10.0. The minimum absolute atomic E-state index is 0.0149. The molecule has 0 saturated carbocycles. The SMILES string of the molecule is C\C=C/C=C(\C=C\CC(=O)NCc1ccc(F)c(F)c1)CC(C)NCC(O)c1cc(O)cc(O)c1. The highest BCUT2D eigenvalue weighted by atomic mass is 19.2. The van der Waals surface area contributed by atoms with Gasteiger partial charge in [0.05, 0.1) is 6.10 Å². The molecule has 2 unspecified atom stereocenters. The third kappa shape index (κ3) is 10.1. The van der Waals surface area contributed by atoms with E-state index >= 15 is 0 Å². The van der Waals surface area contributed by atoms with E-state index in [0.717, 1.165) is 17.7 Å². The second-order valence-corrected chi connectivity index (χ2v) is 8.21. The average Bonchev–Trinajstić information content (AvgIpc) is 2.81. The van der Waals surface area contributed by atoms with Crippen molar-refractivity contribution in [2.75, 3.05) is 6.54 Å². The fourth-order valence-electron chi connectivity index (χ4n) is 3.32. The molecule has 2 aromatic rings. The van der Waals surface area contributed by atoms with Crippen LogP contribution >= 0.6 is 0 Å². The molecule has 0 radical (unpaired) electrons. The number of carbonyl (C=O) groups is 1. The van der Waals surface area contributed by atoms with Gasteiger partial charge in [-0.25, -0.2) is 8.78 Å². The van der Waals surface area contributed by atoms with E-state index in [0.29, 0.717) is 17.5 Å². The minimum Gasteiger partial charge on any atom is -0.508 e. The zero-order valence-corrected chi connectivity index (χ0v) is 19.8. The largest absolute Gasteiger partial charge is 0.508 e. The lowest BCUT2D eigenvalue weighted by molar-refractivity contribution is -0.120. The van der Waals surface area contributed by atoms with Crippen molar-refractivity contribution in [3.05, 3.63) is 95.1 Å². The van der Waals surface area contributed by atoms with Crippen LogP contribution in [0.15, 0.2) is 72.4 Å². The van der Waals surface area contributed by atoms with Crippen LogP contribution in [0.5, 0.6) is 11.5 Å². The van der Waals surface area contributed by atoms with Crippen LogP contribution in [0.25, 0.3) is 0 Å². The molecule has 0 heterocycles. The fourth-order valence-corrected chi connectivity index (χ4v) is 3.32. The van der Waals surface area contributed by atoms with Gasteiger partial charge in [0.15, 0.2) is 11.6 Å². The maximum absolute atomic E-state index is 13.3. The van der Waals surface area contributed by atoms with E-state index in [1.165, 1.54) is 24.3 Å². The molecule has 0 aliphatic rings. The van der Waals surface area contributed by atoms with Crippen molar-refractivity contribution in [3.8, 4) is 11.5 Å². The number of carbonyl (C=O) groups excluding carboxylic acids is 1. The second kappa shape index (κ2) is 14.0. The standard InChI is InChI=1S/C27H32F2N2O4/c1-3-4-6-19(7-5-8-27(35)31-16-20-9-10-24(28)25(29)12-20)11-18(2)30-17-26(34)21-13-22(32)15-23(33)14-21/h3-7,9-10,12-15,18,26,30,32-34H,8,11,16-17H2,1-2H3,(H,31,35)/b4-3-,7-5+,19-6+. The van der Waals surface area contributed by atoms with Gasteiger partial charge in [-0.2, -0.15) is 0 Å². The van der Waals surface area contributed by atoms with Crippen LogP contribution in [0, 0.1) is 11.6 Å². The van der Waals surface area contributed by atoms with Crippen LogP contribution in [-0.2, 0) is 11.3 Å². The molecule has 8 heteroatoms. The molecule has 5 N–H and O–H groups in total. The van der Waals surface area contributed by atoms with Crippen molar-refractivity contribution >= 4 is 5.91 Å². The number of aliphatic hydroxyl groups is 1. The third-order valence-electron chi connectivity index (χ3n) is 5.12. The Labute approximate surface area is 204 Å². The predicted octanol–water partition coefficient (Wildman–Crippen LogP) is 4.54. The molecule has 0 fully saturated rings. The van der Waals surface area contributed by atoms with Gasteiger partial charge in [0.2, 0.25) is 5.91 Å². The number of hydrogen-bond donors (Lipinski definition) is 5. The summed E-state index contributed by atoms with van der Waals surface area (Å²) in [6.07, 6.45) is 9.11. The van der Waals surface area contributed by atoms with Crippen LogP contribution in [0.1, 0.15) is 43.9 Å². The summed E-state index contributed by atoms with van der Waals surface area (Å²) in [6, 6.07) is 7.47. The van der Waals surface area contributed by atoms with Gasteiger partial charge in [0.1, 0.15) is 11.5 Å². The number of phenols is 2. The molecular formula is C27H32F2N2O4. The van der Waals surface area contributed by atoms with Gasteiger partial charge >= 0.3 is 0 Å². The van der Waals surface area contributed by atoms with Crippen molar-refractivity contribution in [1.82, 2.24) is 10.6 Å². The first kappa shape index (κ1) is 27.8. The maximum Gasteiger partial charge on any atom is 0.224 e. The quantitative estimate of drug-likeness (QED) is 0.284. The Morgan fingerprint density at radius 1 is 1.09 bits per heavy atom. The average molecular weight is 487 g/mol. The van der Waals surface area contributed by atoms with E-state index < -0.39 is 17.7 Å². The van der Waals surface area contributed by atoms with Gasteiger partial charge in [-0.05, 0) is 61.2 Å². The van der Waals surface area contributed by atoms with Crippen molar-refractivity contribution in [1.29, 1.82) is 0 Å². The fraction of sp³-hybridized carbons (Fsp3) is 0.296. The molecule has 6 nitrogen and oxygen atoms in total. The number of aromatic hydroxyl groups is 2. The molecule has 0 aliphatic carbocycles. The van der Waals surface area contributed by atoms with Crippen LogP contribution in [-0.4, -0.2) is 33.8 Å². The number of halogens is 2. The number of aliphatic hydroxyl groups excluding tert-OH is 1. The number of hydrogen-bond acceptors (Lipinski definition) is 5. The lowest BCUT2D eigenvalue weighted by Gasteiger charge is -2.18. The van der Waals surface area contributed by atoms with Gasteiger partial charge in [-0.3, -0.25) is 4.79 Å². The first-order valence-electron chi connectivity index (χ1n) is 11.3. The van der Waals surface area contributed by atoms with Gasteiger partial charge in [0, 0.05) is 31.6 Å². The van der Waals surface area contributed by atoms with Crippen LogP contribution in [0.2, 0.25) is 0 Å². The van der Waals surface area contributed by atoms with E-state index in [-0.39, 0.29) is 43.0 Å². The highest BCUT2D eigenvalue weighted by molar-refractivity contribution is 5.77. The minimum atomic E-state index is -0.953. The Balaban J connectivity index is 1.85. The summed E-state index contributed by atoms with van der Waals surface area (Å²) >= 11 is 0. The first-order valence-corrected chi connectivity index (χ1v) is 11.3. The summed E-state index contributed by atoms with van der Waals surface area (Å²) in [5.41, 5.74) is 1.83. The van der Waals surface area contributed by atoms with Gasteiger partial charge in [0.25, 0.3) is 0 Å². The summed E-state index contributed by atoms with van der Waals surface area (Å²) in [5, 5.41) is 35.4. The molecule has 0 saturated heterocycles. The third-order valence-corrected chi connectivity index (χ3v) is 5.12. The monoisotopic (exact) mass is 486 g/mol. The zero-order chi connectivity index (χ0) is 25.8. The number of rotatable bonds is 12. The van der Waals surface area contributed by atoms with Crippen LogP contribution in [0.4, 0.5) is 8.78 Å². The van der Waals surface area contributed by atoms with Gasteiger partial charge in [-0.1, -0.05) is 36.4 Å². The Morgan fingerprint density at radius 3 is 2.46 bits per heavy atom. The number of phenolic OH excluding ortho intramolecular Hbond substituents is 2. The van der Waals surface area contributed by atoms with Crippen LogP contribution < -0.4 is 10.6 Å². The first-order chi connectivity index (χ1) is 16.7. The number of benzene rings is 2. The summed E-state index contributed by atoms with van der Waals surface area (Å²) in [7, 11) is 0. The topological polar surface area (TPSA) is 102 Å². The van der Waals surface area contributed by atoms with Crippen molar-refractivity contribution in [2.45, 2.75) is 45.4 Å². The highest BCUT2D eigenvalue weighted by Gasteiger charge is 2.12. The second-order valence-electron chi connectivity index (χ2n) is 8.21.